The number of aryl methyl sites for hydroxylation is 1. The van der Waals surface area contributed by atoms with Gasteiger partial charge >= 0.3 is 0 Å². The summed E-state index contributed by atoms with van der Waals surface area (Å²) in [6.45, 7) is 2.38. The summed E-state index contributed by atoms with van der Waals surface area (Å²) in [6, 6.07) is 15.2. The Morgan fingerprint density at radius 1 is 1.12 bits per heavy atom. The van der Waals surface area contributed by atoms with E-state index in [1.165, 1.54) is 5.56 Å². The Morgan fingerprint density at radius 3 is 2.54 bits per heavy atom. The van der Waals surface area contributed by atoms with Gasteiger partial charge in [-0.3, -0.25) is 0 Å². The Kier molecular flexibility index (Phi) is 5.08. The molecule has 0 aliphatic heterocycles. The van der Waals surface area contributed by atoms with Crippen LogP contribution in [0.3, 0.4) is 0 Å². The number of aromatic nitrogens is 2. The van der Waals surface area contributed by atoms with Gasteiger partial charge in [-0.25, -0.2) is 0 Å². The molecule has 122 valence electrons. The van der Waals surface area contributed by atoms with Crippen molar-refractivity contribution in [2.45, 2.75) is 13.5 Å². The highest BCUT2D eigenvalue weighted by Gasteiger charge is 2.09. The molecule has 0 aliphatic rings. The minimum absolute atomic E-state index is 0.346. The summed E-state index contributed by atoms with van der Waals surface area (Å²) in [6.07, 6.45) is 0. The fourth-order valence-corrected chi connectivity index (χ4v) is 2.33. The highest BCUT2D eigenvalue weighted by Crippen LogP contribution is 2.18. The third-order valence-corrected chi connectivity index (χ3v) is 3.78. The van der Waals surface area contributed by atoms with E-state index in [9.17, 15) is 0 Å². The molecule has 0 amide bonds. The van der Waals surface area contributed by atoms with Crippen LogP contribution in [0.2, 0.25) is 5.02 Å². The molecule has 5 nitrogen and oxygen atoms in total. The van der Waals surface area contributed by atoms with Crippen LogP contribution in [-0.4, -0.2) is 15.3 Å². The van der Waals surface area contributed by atoms with Gasteiger partial charge in [0.15, 0.2) is 5.11 Å². The average Bonchev–Trinajstić information content (AvgIpc) is 3.05. The number of benzene rings is 2. The van der Waals surface area contributed by atoms with E-state index in [4.69, 9.17) is 28.3 Å². The molecule has 0 radical (unpaired) electrons. The molecule has 3 aromatic rings. The van der Waals surface area contributed by atoms with Gasteiger partial charge in [-0.1, -0.05) is 34.5 Å². The van der Waals surface area contributed by atoms with Crippen LogP contribution >= 0.6 is 23.8 Å². The Balaban J connectivity index is 1.56. The normalized spacial score (nSPS) is 10.4. The predicted molar refractivity (Wildman–Crippen MR) is 99.0 cm³/mol. The van der Waals surface area contributed by atoms with E-state index in [0.717, 1.165) is 11.3 Å². The Hall–Kier alpha value is -2.44. The number of anilines is 1. The Morgan fingerprint density at radius 2 is 1.83 bits per heavy atom. The second-order valence-electron chi connectivity index (χ2n) is 5.19. The van der Waals surface area contributed by atoms with Crippen LogP contribution in [0, 0.1) is 6.92 Å². The first-order valence-electron chi connectivity index (χ1n) is 7.30. The van der Waals surface area contributed by atoms with Crippen LogP contribution in [0.25, 0.3) is 11.4 Å². The van der Waals surface area contributed by atoms with Gasteiger partial charge in [0.25, 0.3) is 0 Å². The smallest absolute Gasteiger partial charge is 0.246 e. The zero-order valence-electron chi connectivity index (χ0n) is 12.9. The molecule has 0 saturated heterocycles. The maximum Gasteiger partial charge on any atom is 0.246 e. The second kappa shape index (κ2) is 7.42. The lowest BCUT2D eigenvalue weighted by Crippen LogP contribution is -2.27. The van der Waals surface area contributed by atoms with Gasteiger partial charge < -0.3 is 15.2 Å². The van der Waals surface area contributed by atoms with E-state index in [1.807, 2.05) is 43.3 Å². The third-order valence-electron chi connectivity index (χ3n) is 3.28. The summed E-state index contributed by atoms with van der Waals surface area (Å²) in [7, 11) is 0. The minimum atomic E-state index is 0.346. The van der Waals surface area contributed by atoms with E-state index in [-0.39, 0.29) is 0 Å². The maximum atomic E-state index is 5.87. The van der Waals surface area contributed by atoms with Gasteiger partial charge in [0.2, 0.25) is 11.7 Å². The number of hydrogen-bond donors (Lipinski definition) is 2. The molecule has 24 heavy (non-hydrogen) atoms. The largest absolute Gasteiger partial charge is 0.353 e. The fourth-order valence-electron chi connectivity index (χ4n) is 2.01. The molecule has 1 heterocycles. The molecular weight excluding hydrogens is 344 g/mol. The van der Waals surface area contributed by atoms with Crippen LogP contribution in [0.5, 0.6) is 0 Å². The molecule has 0 aliphatic carbocycles. The third kappa shape index (κ3) is 4.31. The summed E-state index contributed by atoms with van der Waals surface area (Å²) in [5.74, 6) is 0.967. The van der Waals surface area contributed by atoms with Gasteiger partial charge in [-0.15, -0.1) is 0 Å². The number of nitrogens with zero attached hydrogens (tertiary/aromatic N) is 2. The van der Waals surface area contributed by atoms with Crippen molar-refractivity contribution in [3.8, 4) is 11.4 Å². The summed E-state index contributed by atoms with van der Waals surface area (Å²) >= 11 is 11.1. The number of thiocarbonyl (C=S) groups is 1. The van der Waals surface area contributed by atoms with Crippen LogP contribution in [0.15, 0.2) is 53.1 Å². The molecule has 2 N–H and O–H groups in total. The molecule has 7 heteroatoms. The van der Waals surface area contributed by atoms with Crippen molar-refractivity contribution in [2.24, 2.45) is 0 Å². The topological polar surface area (TPSA) is 63.0 Å². The highest BCUT2D eigenvalue weighted by molar-refractivity contribution is 7.80. The van der Waals surface area contributed by atoms with Crippen molar-refractivity contribution < 1.29 is 4.52 Å². The number of hydrogen-bond acceptors (Lipinski definition) is 4. The van der Waals surface area contributed by atoms with Crippen molar-refractivity contribution >= 4 is 34.6 Å². The highest BCUT2D eigenvalue weighted by atomic mass is 35.5. The molecule has 2 aromatic carbocycles. The number of nitrogens with one attached hydrogen (secondary N) is 2. The van der Waals surface area contributed by atoms with E-state index in [1.54, 1.807) is 12.1 Å². The van der Waals surface area contributed by atoms with E-state index < -0.39 is 0 Å². The fraction of sp³-hybridized carbons (Fsp3) is 0.118. The average molecular weight is 359 g/mol. The summed E-state index contributed by atoms with van der Waals surface area (Å²) in [5.41, 5.74) is 2.96. The molecule has 3 rings (SSSR count). The van der Waals surface area contributed by atoms with E-state index in [0.29, 0.717) is 28.4 Å². The van der Waals surface area contributed by atoms with Gasteiger partial charge in [-0.05, 0) is 55.5 Å². The number of halogens is 1. The van der Waals surface area contributed by atoms with Crippen molar-refractivity contribution in [2.75, 3.05) is 5.32 Å². The monoisotopic (exact) mass is 358 g/mol. The first-order chi connectivity index (χ1) is 11.6. The zero-order valence-corrected chi connectivity index (χ0v) is 14.5. The molecular formula is C17H15ClN4OS. The van der Waals surface area contributed by atoms with Crippen molar-refractivity contribution in [3.63, 3.8) is 0 Å². The van der Waals surface area contributed by atoms with Crippen molar-refractivity contribution in [1.82, 2.24) is 15.5 Å². The molecule has 0 bridgehead atoms. The summed E-state index contributed by atoms with van der Waals surface area (Å²) in [5, 5.41) is 11.2. The first kappa shape index (κ1) is 16.4. The molecule has 0 atom stereocenters. The van der Waals surface area contributed by atoms with Gasteiger partial charge in [0.05, 0.1) is 6.54 Å². The lowest BCUT2D eigenvalue weighted by atomic mass is 10.2. The Labute approximate surface area is 150 Å². The quantitative estimate of drug-likeness (QED) is 0.682. The van der Waals surface area contributed by atoms with Crippen LogP contribution in [-0.2, 0) is 6.54 Å². The second-order valence-corrected chi connectivity index (χ2v) is 6.04. The van der Waals surface area contributed by atoms with Crippen LogP contribution < -0.4 is 10.6 Å². The molecule has 0 spiro atoms. The standard InChI is InChI=1S/C17H15ClN4OS/c1-11-2-8-14(9-3-11)20-17(24)19-10-15-21-16(22-23-15)12-4-6-13(18)7-5-12/h2-9H,10H2,1H3,(H2,19,20,24). The van der Waals surface area contributed by atoms with Crippen molar-refractivity contribution in [1.29, 1.82) is 0 Å². The van der Waals surface area contributed by atoms with E-state index >= 15 is 0 Å². The predicted octanol–water partition coefficient (Wildman–Crippen LogP) is 4.19. The maximum absolute atomic E-state index is 5.87. The van der Waals surface area contributed by atoms with Gasteiger partial charge in [0.1, 0.15) is 0 Å². The Bertz CT molecular complexity index is 831. The lowest BCUT2D eigenvalue weighted by Gasteiger charge is -2.08. The molecule has 0 fully saturated rings. The summed E-state index contributed by atoms with van der Waals surface area (Å²) < 4.78 is 5.22. The van der Waals surface area contributed by atoms with E-state index in [2.05, 4.69) is 20.8 Å². The SMILES string of the molecule is Cc1ccc(NC(=S)NCc2nc(-c3ccc(Cl)cc3)no2)cc1. The van der Waals surface area contributed by atoms with Crippen LogP contribution in [0.4, 0.5) is 5.69 Å². The molecule has 0 saturated carbocycles. The van der Waals surface area contributed by atoms with Crippen molar-refractivity contribution in [3.05, 3.63) is 65.0 Å². The van der Waals surface area contributed by atoms with Gasteiger partial charge in [0, 0.05) is 16.3 Å². The number of rotatable bonds is 4. The zero-order chi connectivity index (χ0) is 16.9. The summed E-state index contributed by atoms with van der Waals surface area (Å²) in [4.78, 5) is 4.33. The molecule has 1 aromatic heterocycles. The molecule has 0 unspecified atom stereocenters. The van der Waals surface area contributed by atoms with Gasteiger partial charge in [-0.2, -0.15) is 4.98 Å². The lowest BCUT2D eigenvalue weighted by molar-refractivity contribution is 0.376. The first-order valence-corrected chi connectivity index (χ1v) is 8.09. The van der Waals surface area contributed by atoms with Crippen LogP contribution in [0.1, 0.15) is 11.5 Å². The minimum Gasteiger partial charge on any atom is -0.353 e.